The van der Waals surface area contributed by atoms with Gasteiger partial charge >= 0.3 is 0 Å². The highest BCUT2D eigenvalue weighted by Gasteiger charge is 2.29. The number of hydrogen-bond acceptors (Lipinski definition) is 4. The van der Waals surface area contributed by atoms with Gasteiger partial charge in [0, 0.05) is 45.8 Å². The van der Waals surface area contributed by atoms with E-state index in [1.165, 1.54) is 24.0 Å². The second-order valence-corrected chi connectivity index (χ2v) is 8.34. The van der Waals surface area contributed by atoms with Crippen molar-refractivity contribution >= 4 is 29.9 Å². The highest BCUT2D eigenvalue weighted by molar-refractivity contribution is 14.0. The molecule has 2 atom stereocenters. The van der Waals surface area contributed by atoms with Gasteiger partial charge in [-0.25, -0.2) is 0 Å². The fourth-order valence-corrected chi connectivity index (χ4v) is 4.76. The van der Waals surface area contributed by atoms with Gasteiger partial charge in [-0.1, -0.05) is 12.1 Å². The van der Waals surface area contributed by atoms with E-state index in [1.807, 2.05) is 31.0 Å². The molecule has 2 aromatic rings. The van der Waals surface area contributed by atoms with Crippen molar-refractivity contribution in [1.29, 1.82) is 0 Å². The lowest BCUT2D eigenvalue weighted by atomic mass is 10.0. The van der Waals surface area contributed by atoms with Gasteiger partial charge in [-0.05, 0) is 55.6 Å². The number of nitrogens with one attached hydrogen (secondary N) is 1. The van der Waals surface area contributed by atoms with E-state index in [2.05, 4.69) is 49.6 Å². The molecule has 0 amide bonds. The molecule has 8 heteroatoms. The van der Waals surface area contributed by atoms with Crippen molar-refractivity contribution < 1.29 is 4.74 Å². The maximum Gasteiger partial charge on any atom is 0.193 e. The molecule has 2 unspecified atom stereocenters. The molecular formula is C23H35IN6O. The number of rotatable bonds is 6. The van der Waals surface area contributed by atoms with E-state index in [-0.39, 0.29) is 24.0 Å². The van der Waals surface area contributed by atoms with Crippen LogP contribution in [0.2, 0.25) is 0 Å². The first-order valence-electron chi connectivity index (χ1n) is 11.0. The minimum absolute atomic E-state index is 0. The monoisotopic (exact) mass is 538 g/mol. The van der Waals surface area contributed by atoms with E-state index in [9.17, 15) is 0 Å². The van der Waals surface area contributed by atoms with Crippen LogP contribution in [0.4, 0.5) is 0 Å². The number of guanidine groups is 1. The summed E-state index contributed by atoms with van der Waals surface area (Å²) in [6.45, 7) is 5.14. The molecule has 2 saturated heterocycles. The molecule has 0 radical (unpaired) electrons. The van der Waals surface area contributed by atoms with E-state index >= 15 is 0 Å². The first-order valence-corrected chi connectivity index (χ1v) is 11.0. The molecule has 0 spiro atoms. The molecule has 0 aliphatic carbocycles. The van der Waals surface area contributed by atoms with Gasteiger partial charge in [-0.2, -0.15) is 5.10 Å². The third kappa shape index (κ3) is 5.71. The lowest BCUT2D eigenvalue weighted by Crippen LogP contribution is -2.44. The summed E-state index contributed by atoms with van der Waals surface area (Å²) in [4.78, 5) is 9.56. The maximum atomic E-state index is 5.47. The Kier molecular flexibility index (Phi) is 8.59. The van der Waals surface area contributed by atoms with Gasteiger partial charge in [0.15, 0.2) is 5.96 Å². The van der Waals surface area contributed by atoms with Crippen molar-refractivity contribution in [3.05, 3.63) is 47.8 Å². The van der Waals surface area contributed by atoms with E-state index in [1.54, 1.807) is 7.11 Å². The number of ether oxygens (including phenoxy) is 1. The Labute approximate surface area is 202 Å². The second kappa shape index (κ2) is 11.2. The number of aromatic nitrogens is 2. The molecule has 1 aromatic heterocycles. The SMILES string of the molecule is CN=C(NCC(c1cccc(OC)c1)N1CCCC1)N1CCC(c2cnn(C)c2)C1.I. The fraction of sp³-hybridized carbons (Fsp3) is 0.565. The number of nitrogens with zero attached hydrogens (tertiary/aromatic N) is 5. The third-order valence-corrected chi connectivity index (χ3v) is 6.41. The number of benzene rings is 1. The third-order valence-electron chi connectivity index (χ3n) is 6.41. The lowest BCUT2D eigenvalue weighted by Gasteiger charge is -2.30. The number of methoxy groups -OCH3 is 1. The fourth-order valence-electron chi connectivity index (χ4n) is 4.76. The first-order chi connectivity index (χ1) is 14.7. The van der Waals surface area contributed by atoms with Gasteiger partial charge in [0.1, 0.15) is 5.75 Å². The van der Waals surface area contributed by atoms with Crippen LogP contribution in [0.5, 0.6) is 5.75 Å². The Hall–Kier alpha value is -1.81. The van der Waals surface area contributed by atoms with Crippen LogP contribution < -0.4 is 10.1 Å². The summed E-state index contributed by atoms with van der Waals surface area (Å²) < 4.78 is 7.36. The molecule has 4 rings (SSSR count). The van der Waals surface area contributed by atoms with Crippen molar-refractivity contribution in [2.24, 2.45) is 12.0 Å². The summed E-state index contributed by atoms with van der Waals surface area (Å²) in [6, 6.07) is 8.80. The van der Waals surface area contributed by atoms with Gasteiger partial charge in [-0.15, -0.1) is 24.0 Å². The molecular weight excluding hydrogens is 503 g/mol. The summed E-state index contributed by atoms with van der Waals surface area (Å²) in [7, 11) is 5.60. The molecule has 2 aliphatic rings. The van der Waals surface area contributed by atoms with Crippen LogP contribution >= 0.6 is 24.0 Å². The minimum atomic E-state index is 0. The van der Waals surface area contributed by atoms with Gasteiger partial charge in [-0.3, -0.25) is 14.6 Å². The van der Waals surface area contributed by atoms with E-state index in [0.29, 0.717) is 12.0 Å². The Morgan fingerprint density at radius 1 is 1.29 bits per heavy atom. The zero-order valence-corrected chi connectivity index (χ0v) is 21.2. The van der Waals surface area contributed by atoms with Crippen LogP contribution in [0.15, 0.2) is 41.7 Å². The number of likely N-dealkylation sites (tertiary alicyclic amines) is 2. The van der Waals surface area contributed by atoms with Crippen LogP contribution in [0.1, 0.15) is 42.3 Å². The van der Waals surface area contributed by atoms with Crippen molar-refractivity contribution in [2.75, 3.05) is 46.9 Å². The largest absolute Gasteiger partial charge is 0.497 e. The van der Waals surface area contributed by atoms with Gasteiger partial charge in [0.05, 0.1) is 19.3 Å². The van der Waals surface area contributed by atoms with Gasteiger partial charge < -0.3 is 15.0 Å². The predicted octanol–water partition coefficient (Wildman–Crippen LogP) is 3.25. The quantitative estimate of drug-likeness (QED) is 0.348. The molecule has 0 bridgehead atoms. The topological polar surface area (TPSA) is 57.9 Å². The Morgan fingerprint density at radius 3 is 2.77 bits per heavy atom. The smallest absolute Gasteiger partial charge is 0.193 e. The molecule has 1 N–H and O–H groups in total. The molecule has 31 heavy (non-hydrogen) atoms. The maximum absolute atomic E-state index is 5.47. The van der Waals surface area contributed by atoms with E-state index < -0.39 is 0 Å². The van der Waals surface area contributed by atoms with Crippen molar-refractivity contribution in [1.82, 2.24) is 24.9 Å². The zero-order chi connectivity index (χ0) is 20.9. The van der Waals surface area contributed by atoms with Crippen molar-refractivity contribution in [3.8, 4) is 5.75 Å². The van der Waals surface area contributed by atoms with Crippen LogP contribution in [0.3, 0.4) is 0 Å². The molecule has 7 nitrogen and oxygen atoms in total. The van der Waals surface area contributed by atoms with Crippen molar-refractivity contribution in [2.45, 2.75) is 31.2 Å². The number of hydrogen-bond donors (Lipinski definition) is 1. The Balaban J connectivity index is 0.00000272. The lowest BCUT2D eigenvalue weighted by molar-refractivity contribution is 0.243. The minimum Gasteiger partial charge on any atom is -0.497 e. The molecule has 1 aromatic carbocycles. The normalized spacial score (nSPS) is 20.5. The summed E-state index contributed by atoms with van der Waals surface area (Å²) in [6.07, 6.45) is 7.81. The average molecular weight is 538 g/mol. The van der Waals surface area contributed by atoms with Crippen LogP contribution in [0.25, 0.3) is 0 Å². The molecule has 170 valence electrons. The molecule has 3 heterocycles. The summed E-state index contributed by atoms with van der Waals surface area (Å²) in [5, 5.41) is 8.01. The summed E-state index contributed by atoms with van der Waals surface area (Å²) in [5.74, 6) is 2.43. The number of aliphatic imine (C=N–C) groups is 1. The van der Waals surface area contributed by atoms with E-state index in [0.717, 1.165) is 50.9 Å². The van der Waals surface area contributed by atoms with E-state index in [4.69, 9.17) is 4.74 Å². The highest BCUT2D eigenvalue weighted by Crippen LogP contribution is 2.29. The predicted molar refractivity (Wildman–Crippen MR) is 135 cm³/mol. The van der Waals surface area contributed by atoms with Crippen LogP contribution in [0, 0.1) is 0 Å². The summed E-state index contributed by atoms with van der Waals surface area (Å²) >= 11 is 0. The second-order valence-electron chi connectivity index (χ2n) is 8.34. The summed E-state index contributed by atoms with van der Waals surface area (Å²) in [5.41, 5.74) is 2.62. The van der Waals surface area contributed by atoms with Crippen LogP contribution in [-0.4, -0.2) is 72.4 Å². The number of halogens is 1. The first kappa shape index (κ1) is 23.8. The standard InChI is InChI=1S/C23H34N6O.HI/c1-24-23(29-12-9-19(17-29)20-14-26-27(2)16-20)25-15-22(28-10-4-5-11-28)18-7-6-8-21(13-18)30-3;/h6-8,13-14,16,19,22H,4-5,9-12,15,17H2,1-3H3,(H,24,25);1H. The highest BCUT2D eigenvalue weighted by atomic mass is 127. The van der Waals surface area contributed by atoms with Crippen molar-refractivity contribution in [3.63, 3.8) is 0 Å². The molecule has 2 fully saturated rings. The molecule has 2 aliphatic heterocycles. The van der Waals surface area contributed by atoms with Crippen LogP contribution in [-0.2, 0) is 7.05 Å². The average Bonchev–Trinajstić information content (AvgIpc) is 3.53. The Morgan fingerprint density at radius 2 is 2.10 bits per heavy atom. The zero-order valence-electron chi connectivity index (χ0n) is 18.8. The van der Waals surface area contributed by atoms with Gasteiger partial charge in [0.25, 0.3) is 0 Å². The molecule has 0 saturated carbocycles. The number of aryl methyl sites for hydroxylation is 1. The van der Waals surface area contributed by atoms with Gasteiger partial charge in [0.2, 0.25) is 0 Å². The Bertz CT molecular complexity index is 863.